The summed E-state index contributed by atoms with van der Waals surface area (Å²) in [5.74, 6) is 0. The molecule has 2 atom stereocenters. The number of hydrogen-bond acceptors (Lipinski definition) is 2. The van der Waals surface area contributed by atoms with E-state index in [0.717, 1.165) is 23.1 Å². The highest BCUT2D eigenvalue weighted by Crippen LogP contribution is 2.22. The minimum atomic E-state index is -0.542. The van der Waals surface area contributed by atoms with Gasteiger partial charge in [-0.25, -0.2) is 0 Å². The Balaban J connectivity index is 2.99. The van der Waals surface area contributed by atoms with Crippen molar-refractivity contribution in [3.05, 3.63) is 34.9 Å². The third-order valence-electron chi connectivity index (χ3n) is 2.63. The average molecular weight is 193 g/mol. The molecule has 0 amide bonds. The average Bonchev–Trinajstić information content (AvgIpc) is 2.19. The van der Waals surface area contributed by atoms with Gasteiger partial charge in [0.1, 0.15) is 0 Å². The summed E-state index contributed by atoms with van der Waals surface area (Å²) in [5.41, 5.74) is 9.04. The molecule has 1 aromatic rings. The fourth-order valence-corrected chi connectivity index (χ4v) is 1.53. The molecule has 0 unspecified atom stereocenters. The van der Waals surface area contributed by atoms with Gasteiger partial charge in [-0.05, 0) is 31.4 Å². The van der Waals surface area contributed by atoms with E-state index in [0.29, 0.717) is 0 Å². The van der Waals surface area contributed by atoms with E-state index in [2.05, 4.69) is 0 Å². The Kier molecular flexibility index (Phi) is 3.67. The standard InChI is InChI=1S/C12H19NO/c1-4-11(13)12(14)10-7-8(2)5-6-9(10)3/h5-7,11-12,14H,4,13H2,1-3H3/t11-,12-/m1/s1. The molecule has 0 radical (unpaired) electrons. The fraction of sp³-hybridized carbons (Fsp3) is 0.500. The molecule has 78 valence electrons. The van der Waals surface area contributed by atoms with Gasteiger partial charge >= 0.3 is 0 Å². The zero-order valence-corrected chi connectivity index (χ0v) is 9.12. The lowest BCUT2D eigenvalue weighted by molar-refractivity contribution is 0.143. The molecule has 0 aromatic heterocycles. The van der Waals surface area contributed by atoms with Crippen molar-refractivity contribution in [3.8, 4) is 0 Å². The summed E-state index contributed by atoms with van der Waals surface area (Å²) in [6, 6.07) is 5.91. The van der Waals surface area contributed by atoms with Crippen molar-refractivity contribution in [2.75, 3.05) is 0 Å². The Morgan fingerprint density at radius 1 is 1.36 bits per heavy atom. The zero-order valence-electron chi connectivity index (χ0n) is 9.12. The number of nitrogens with two attached hydrogens (primary N) is 1. The van der Waals surface area contributed by atoms with Gasteiger partial charge in [0.25, 0.3) is 0 Å². The number of aliphatic hydroxyl groups is 1. The normalized spacial score (nSPS) is 15.2. The summed E-state index contributed by atoms with van der Waals surface area (Å²) >= 11 is 0. The van der Waals surface area contributed by atoms with Crippen LogP contribution in [0, 0.1) is 13.8 Å². The SMILES string of the molecule is CC[C@@H](N)[C@H](O)c1cc(C)ccc1C. The van der Waals surface area contributed by atoms with Crippen LogP contribution in [0.15, 0.2) is 18.2 Å². The minimum Gasteiger partial charge on any atom is -0.387 e. The molecule has 0 aliphatic rings. The van der Waals surface area contributed by atoms with Crippen LogP contribution in [-0.4, -0.2) is 11.1 Å². The van der Waals surface area contributed by atoms with Crippen molar-refractivity contribution in [2.45, 2.75) is 39.3 Å². The van der Waals surface area contributed by atoms with Crippen molar-refractivity contribution in [1.29, 1.82) is 0 Å². The lowest BCUT2D eigenvalue weighted by atomic mass is 9.95. The molecule has 2 heteroatoms. The summed E-state index contributed by atoms with van der Waals surface area (Å²) in [4.78, 5) is 0. The van der Waals surface area contributed by atoms with Gasteiger partial charge in [-0.1, -0.05) is 30.7 Å². The molecule has 0 saturated carbocycles. The molecule has 0 heterocycles. The van der Waals surface area contributed by atoms with Gasteiger partial charge in [0.05, 0.1) is 6.10 Å². The second-order valence-corrected chi connectivity index (χ2v) is 3.88. The van der Waals surface area contributed by atoms with Crippen molar-refractivity contribution in [1.82, 2.24) is 0 Å². The van der Waals surface area contributed by atoms with Gasteiger partial charge in [-0.2, -0.15) is 0 Å². The number of aliphatic hydroxyl groups excluding tert-OH is 1. The van der Waals surface area contributed by atoms with E-state index < -0.39 is 6.10 Å². The van der Waals surface area contributed by atoms with E-state index in [1.807, 2.05) is 39.0 Å². The van der Waals surface area contributed by atoms with Crippen LogP contribution in [0.25, 0.3) is 0 Å². The van der Waals surface area contributed by atoms with Crippen molar-refractivity contribution in [2.24, 2.45) is 5.73 Å². The first-order chi connectivity index (χ1) is 6.56. The highest BCUT2D eigenvalue weighted by molar-refractivity contribution is 5.32. The topological polar surface area (TPSA) is 46.2 Å². The van der Waals surface area contributed by atoms with Gasteiger partial charge in [-0.3, -0.25) is 0 Å². The summed E-state index contributed by atoms with van der Waals surface area (Å²) in [6.45, 7) is 6.01. The molecule has 0 aliphatic heterocycles. The van der Waals surface area contributed by atoms with Crippen LogP contribution in [0.1, 0.15) is 36.1 Å². The van der Waals surface area contributed by atoms with Crippen LogP contribution >= 0.6 is 0 Å². The molecule has 3 N–H and O–H groups in total. The first-order valence-electron chi connectivity index (χ1n) is 5.07. The Hall–Kier alpha value is -0.860. The Bertz CT molecular complexity index is 309. The van der Waals surface area contributed by atoms with Crippen LogP contribution in [0.2, 0.25) is 0 Å². The van der Waals surface area contributed by atoms with Crippen molar-refractivity contribution >= 4 is 0 Å². The van der Waals surface area contributed by atoms with E-state index in [4.69, 9.17) is 5.73 Å². The Morgan fingerprint density at radius 3 is 2.57 bits per heavy atom. The van der Waals surface area contributed by atoms with E-state index in [1.165, 1.54) is 0 Å². The summed E-state index contributed by atoms with van der Waals surface area (Å²) < 4.78 is 0. The van der Waals surface area contributed by atoms with Crippen LogP contribution in [0.4, 0.5) is 0 Å². The maximum absolute atomic E-state index is 9.97. The second kappa shape index (κ2) is 4.58. The van der Waals surface area contributed by atoms with Gasteiger partial charge in [0, 0.05) is 6.04 Å². The first-order valence-corrected chi connectivity index (χ1v) is 5.07. The molecular weight excluding hydrogens is 174 g/mol. The minimum absolute atomic E-state index is 0.171. The lowest BCUT2D eigenvalue weighted by Crippen LogP contribution is -2.27. The molecule has 2 nitrogen and oxygen atoms in total. The Labute approximate surface area is 85.8 Å². The molecule has 0 fully saturated rings. The molecule has 0 spiro atoms. The van der Waals surface area contributed by atoms with Gasteiger partial charge in [-0.15, -0.1) is 0 Å². The smallest absolute Gasteiger partial charge is 0.0943 e. The highest BCUT2D eigenvalue weighted by atomic mass is 16.3. The maximum Gasteiger partial charge on any atom is 0.0943 e. The molecular formula is C12H19NO. The van der Waals surface area contributed by atoms with E-state index in [1.54, 1.807) is 0 Å². The Morgan fingerprint density at radius 2 is 2.00 bits per heavy atom. The first kappa shape index (κ1) is 11.2. The summed E-state index contributed by atoms with van der Waals surface area (Å²) in [7, 11) is 0. The summed E-state index contributed by atoms with van der Waals surface area (Å²) in [5, 5.41) is 9.97. The van der Waals surface area contributed by atoms with Crippen LogP contribution < -0.4 is 5.73 Å². The summed E-state index contributed by atoms with van der Waals surface area (Å²) in [6.07, 6.45) is 0.244. The number of rotatable bonds is 3. The lowest BCUT2D eigenvalue weighted by Gasteiger charge is -2.19. The number of hydrogen-bond donors (Lipinski definition) is 2. The third-order valence-corrected chi connectivity index (χ3v) is 2.63. The number of benzene rings is 1. The van der Waals surface area contributed by atoms with Crippen LogP contribution in [0.3, 0.4) is 0 Å². The van der Waals surface area contributed by atoms with E-state index in [9.17, 15) is 5.11 Å². The van der Waals surface area contributed by atoms with Gasteiger partial charge < -0.3 is 10.8 Å². The predicted octanol–water partition coefficient (Wildman–Crippen LogP) is 2.07. The number of aryl methyl sites for hydroxylation is 2. The van der Waals surface area contributed by atoms with Crippen LogP contribution in [0.5, 0.6) is 0 Å². The zero-order chi connectivity index (χ0) is 10.7. The quantitative estimate of drug-likeness (QED) is 0.772. The maximum atomic E-state index is 9.97. The monoisotopic (exact) mass is 193 g/mol. The van der Waals surface area contributed by atoms with Gasteiger partial charge in [0.15, 0.2) is 0 Å². The molecule has 1 aromatic carbocycles. The largest absolute Gasteiger partial charge is 0.387 e. The van der Waals surface area contributed by atoms with Crippen molar-refractivity contribution < 1.29 is 5.11 Å². The highest BCUT2D eigenvalue weighted by Gasteiger charge is 2.16. The van der Waals surface area contributed by atoms with Crippen LogP contribution in [-0.2, 0) is 0 Å². The molecule has 14 heavy (non-hydrogen) atoms. The molecule has 1 rings (SSSR count). The van der Waals surface area contributed by atoms with Gasteiger partial charge in [0.2, 0.25) is 0 Å². The third kappa shape index (κ3) is 2.34. The molecule has 0 aliphatic carbocycles. The second-order valence-electron chi connectivity index (χ2n) is 3.88. The van der Waals surface area contributed by atoms with Crippen molar-refractivity contribution in [3.63, 3.8) is 0 Å². The fourth-order valence-electron chi connectivity index (χ4n) is 1.53. The van der Waals surface area contributed by atoms with E-state index in [-0.39, 0.29) is 6.04 Å². The van der Waals surface area contributed by atoms with E-state index >= 15 is 0 Å². The molecule has 0 saturated heterocycles. The predicted molar refractivity (Wildman–Crippen MR) is 59.1 cm³/mol. The molecule has 0 bridgehead atoms.